The molecule has 0 spiro atoms. The van der Waals surface area contributed by atoms with E-state index in [1.54, 1.807) is 28.4 Å². The van der Waals surface area contributed by atoms with Gasteiger partial charge in [0.1, 0.15) is 23.0 Å². The van der Waals surface area contributed by atoms with Crippen LogP contribution in [0.4, 0.5) is 0 Å². The van der Waals surface area contributed by atoms with Crippen LogP contribution in [0.1, 0.15) is 162 Å². The minimum Gasteiger partial charge on any atom is -0.497 e. The number of likely N-dealkylation sites (N-methyl/N-ethyl adjacent to an activating group) is 2. The van der Waals surface area contributed by atoms with Crippen LogP contribution >= 0.6 is 0 Å². The number of nitrogens with one attached hydrogen (secondary N) is 4. The number of hydrogen-bond acceptors (Lipinski definition) is 17. The van der Waals surface area contributed by atoms with E-state index in [0.29, 0.717) is 18.5 Å². The van der Waals surface area contributed by atoms with Crippen LogP contribution in [-0.2, 0) is 17.5 Å². The number of fused-ring (bicyclic) bond motifs is 1. The van der Waals surface area contributed by atoms with Gasteiger partial charge in [-0.15, -0.1) is 0 Å². The van der Waals surface area contributed by atoms with Crippen molar-refractivity contribution < 1.29 is 18.9 Å². The third kappa shape index (κ3) is 28.4. The van der Waals surface area contributed by atoms with Gasteiger partial charge in [0.15, 0.2) is 0 Å². The van der Waals surface area contributed by atoms with E-state index in [2.05, 4.69) is 187 Å². The molecular formula is C107H137N13O4. The van der Waals surface area contributed by atoms with Crippen LogP contribution < -0.4 is 91.8 Å². The number of methoxy groups -OCH3 is 4. The minimum atomic E-state index is -0.853. The highest BCUT2D eigenvalue weighted by Crippen LogP contribution is 2.38. The predicted octanol–water partition coefficient (Wildman–Crippen LogP) is 18.0. The van der Waals surface area contributed by atoms with E-state index in [1.807, 2.05) is 235 Å². The molecule has 14 rings (SSSR count). The summed E-state index contributed by atoms with van der Waals surface area (Å²) in [4.78, 5) is 0. The predicted molar refractivity (Wildman–Crippen MR) is 518 cm³/mol. The molecule has 17 nitrogen and oxygen atoms in total. The van der Waals surface area contributed by atoms with E-state index in [1.165, 1.54) is 51.4 Å². The van der Waals surface area contributed by atoms with Gasteiger partial charge in [0.25, 0.3) is 0 Å². The maximum atomic E-state index is 7.01. The number of hydrogen-bond donors (Lipinski definition) is 13. The van der Waals surface area contributed by atoms with Crippen molar-refractivity contribution >= 4 is 10.8 Å². The van der Waals surface area contributed by atoms with Crippen LogP contribution in [0.5, 0.6) is 23.0 Å². The summed E-state index contributed by atoms with van der Waals surface area (Å²) < 4.78 is 21.0. The first-order valence-electron chi connectivity index (χ1n) is 43.1. The quantitative estimate of drug-likeness (QED) is 0.0217. The van der Waals surface area contributed by atoms with Crippen molar-refractivity contribution in [2.75, 3.05) is 56.6 Å². The monoisotopic (exact) mass is 1670 g/mol. The lowest BCUT2D eigenvalue weighted by Gasteiger charge is -2.38. The second-order valence-corrected chi connectivity index (χ2v) is 31.7. The molecule has 17 heteroatoms. The summed E-state index contributed by atoms with van der Waals surface area (Å²) in [6.07, 6.45) is 6.49. The zero-order valence-electron chi connectivity index (χ0n) is 74.5. The van der Waals surface area contributed by atoms with Crippen LogP contribution in [0.3, 0.4) is 0 Å². The SMILES string of the molecule is CNC(C[C@H](NC)c1ccccc1)c1ccccc1.CN[C@@H](c1ccccc1)[C@@H](NC)c1ccccc1.COc1ccc(C(N)(c2ccc(OC)cc2)[C@@H](N)C(C)C)cc1.COc1ccc(C(N)(c2ccc(OC)cc2)[C@@H](N)Cc2ccccc2)cc1.C[C@@H](N)c1cccc2ccccc12.NC1CCCC[C@H]1N.N[C@@H](c1ccccc1)[C@@H](N)c1ccccc1. The summed E-state index contributed by atoms with van der Waals surface area (Å²) >= 11 is 0. The number of ether oxygens (including phenoxy) is 4. The van der Waals surface area contributed by atoms with Crippen LogP contribution in [-0.4, -0.2) is 80.8 Å². The lowest BCUT2D eigenvalue weighted by molar-refractivity contribution is 0.336. The Morgan fingerprint density at radius 1 is 0.331 bits per heavy atom. The summed E-state index contributed by atoms with van der Waals surface area (Å²) in [5.74, 6) is 3.39. The third-order valence-electron chi connectivity index (χ3n) is 23.2. The minimum absolute atomic E-state index is 0.103. The summed E-state index contributed by atoms with van der Waals surface area (Å²) in [5.41, 5.74) is 68.5. The van der Waals surface area contributed by atoms with Gasteiger partial charge in [-0.1, -0.05) is 330 Å². The van der Waals surface area contributed by atoms with Gasteiger partial charge in [-0.25, -0.2) is 0 Å². The van der Waals surface area contributed by atoms with Gasteiger partial charge in [-0.2, -0.15) is 0 Å². The van der Waals surface area contributed by atoms with Crippen molar-refractivity contribution in [3.05, 3.63) is 419 Å². The maximum Gasteiger partial charge on any atom is 0.118 e. The van der Waals surface area contributed by atoms with E-state index in [0.717, 1.165) is 81.2 Å². The Morgan fingerprint density at radius 2 is 0.621 bits per heavy atom. The molecule has 0 aliphatic heterocycles. The highest BCUT2D eigenvalue weighted by Gasteiger charge is 2.39. The molecule has 0 bridgehead atoms. The first-order chi connectivity index (χ1) is 60.1. The second kappa shape index (κ2) is 51.8. The normalized spacial score (nSPS) is 15.1. The first kappa shape index (κ1) is 98.2. The van der Waals surface area contributed by atoms with Gasteiger partial charge in [0, 0.05) is 54.4 Å². The molecule has 13 aromatic carbocycles. The fourth-order valence-corrected chi connectivity index (χ4v) is 15.6. The van der Waals surface area contributed by atoms with E-state index >= 15 is 0 Å². The summed E-state index contributed by atoms with van der Waals surface area (Å²) in [5, 5.41) is 16.2. The van der Waals surface area contributed by atoms with Gasteiger partial charge < -0.3 is 91.8 Å². The molecule has 1 fully saturated rings. The van der Waals surface area contributed by atoms with Gasteiger partial charge in [0.2, 0.25) is 0 Å². The van der Waals surface area contributed by atoms with Gasteiger partial charge in [-0.3, -0.25) is 0 Å². The maximum absolute atomic E-state index is 7.01. The van der Waals surface area contributed by atoms with Gasteiger partial charge >= 0.3 is 0 Å². The molecule has 13 aromatic rings. The molecule has 1 aliphatic carbocycles. The second-order valence-electron chi connectivity index (χ2n) is 31.7. The smallest absolute Gasteiger partial charge is 0.118 e. The zero-order chi connectivity index (χ0) is 89.2. The third-order valence-corrected chi connectivity index (χ3v) is 23.2. The molecule has 11 atom stereocenters. The summed E-state index contributed by atoms with van der Waals surface area (Å²) in [6.45, 7) is 6.18. The Bertz CT molecular complexity index is 4770. The molecule has 124 heavy (non-hydrogen) atoms. The molecule has 1 saturated carbocycles. The largest absolute Gasteiger partial charge is 0.497 e. The van der Waals surface area contributed by atoms with Crippen molar-refractivity contribution in [2.45, 2.75) is 137 Å². The molecule has 0 aromatic heterocycles. The lowest BCUT2D eigenvalue weighted by atomic mass is 9.74. The molecule has 22 N–H and O–H groups in total. The molecule has 0 radical (unpaired) electrons. The van der Waals surface area contributed by atoms with E-state index < -0.39 is 11.1 Å². The van der Waals surface area contributed by atoms with Crippen LogP contribution in [0.15, 0.2) is 352 Å². The molecule has 2 unspecified atom stereocenters. The molecule has 0 heterocycles. The fraction of sp³-hybridized carbons (Fsp3) is 0.290. The fourth-order valence-electron chi connectivity index (χ4n) is 15.6. The molecule has 1 aliphatic rings. The highest BCUT2D eigenvalue weighted by atomic mass is 16.5. The Balaban J connectivity index is 0.000000183. The number of benzene rings is 13. The van der Waals surface area contributed by atoms with Crippen molar-refractivity contribution in [3.8, 4) is 23.0 Å². The van der Waals surface area contributed by atoms with Crippen molar-refractivity contribution in [2.24, 2.45) is 57.5 Å². The van der Waals surface area contributed by atoms with Gasteiger partial charge in [-0.05, 0) is 193 Å². The van der Waals surface area contributed by atoms with Crippen molar-refractivity contribution in [3.63, 3.8) is 0 Å². The average molecular weight is 1670 g/mol. The van der Waals surface area contributed by atoms with Gasteiger partial charge in [0.05, 0.1) is 51.6 Å². The van der Waals surface area contributed by atoms with Crippen LogP contribution in [0, 0.1) is 5.92 Å². The van der Waals surface area contributed by atoms with Crippen LogP contribution in [0.2, 0.25) is 0 Å². The standard InChI is InChI=1S/C23H26N2O2.C19H26N2O2.C17H22N2.C16H20N2.C14H16N2.C12H13N.C6H14N2/c1-26-20-12-8-18(9-13-20)23(25,19-10-14-21(27-2)15-11-19)22(24)16-17-6-4-3-5-7-17;1-13(2)18(20)19(21,14-5-9-16(22-3)10-6-14)15-7-11-17(23-4)12-8-15;1-18-16(14-9-5-3-6-10-14)13-17(19-2)15-11-7-4-8-12-15;1-17-15(13-9-5-3-6-10-13)16(18-2)14-11-7-4-8-12-14;15-13(11-7-3-1-4-8-11)14(16)12-9-5-2-6-10-12;1-9(13)11-8-4-6-10-5-2-3-7-12(10)11;7-5-3-1-2-4-6(5)8/h3-15,22H,16,24-25H2,1-2H3;5-13,18H,20-21H2,1-4H3;3-12,16-19H,13H2,1-2H3;3-12,15-18H,1-2H3;1-10,13-14H,15-16H2;2-9H,13H2,1H3;5-6H,1-4,7-8H2/t22-;18-;16-,17?;15-,16-;13-,14-;9-;5-,6?/m0000011/s1. The van der Waals surface area contributed by atoms with Crippen LogP contribution in [0.25, 0.3) is 10.8 Å². The van der Waals surface area contributed by atoms with E-state index in [9.17, 15) is 0 Å². The molecular weight excluding hydrogens is 1530 g/mol. The van der Waals surface area contributed by atoms with Crippen molar-refractivity contribution in [1.82, 2.24) is 21.3 Å². The highest BCUT2D eigenvalue weighted by molar-refractivity contribution is 5.86. The summed E-state index contributed by atoms with van der Waals surface area (Å²) in [7, 11) is 14.6. The molecule has 0 amide bonds. The Labute approximate surface area is 739 Å². The summed E-state index contributed by atoms with van der Waals surface area (Å²) in [6, 6.07) is 119. The molecule has 0 saturated heterocycles. The molecule has 654 valence electrons. The Morgan fingerprint density at radius 3 is 0.919 bits per heavy atom. The topological polar surface area (TPSA) is 319 Å². The van der Waals surface area contributed by atoms with E-state index in [4.69, 9.17) is 70.6 Å². The first-order valence-corrected chi connectivity index (χ1v) is 43.1. The Kier molecular flexibility index (Phi) is 41.0. The lowest BCUT2D eigenvalue weighted by Crippen LogP contribution is -2.55. The number of nitrogens with two attached hydrogens (primary N) is 9. The average Bonchev–Trinajstić information content (AvgIpc) is 0.773. The van der Waals surface area contributed by atoms with E-state index in [-0.39, 0.29) is 60.3 Å². The zero-order valence-corrected chi connectivity index (χ0v) is 74.5. The Hall–Kier alpha value is -11.2. The van der Waals surface area contributed by atoms with Crippen molar-refractivity contribution in [1.29, 1.82) is 0 Å². The number of rotatable bonds is 28.